The van der Waals surface area contributed by atoms with Crippen LogP contribution in [0.1, 0.15) is 32.1 Å². The van der Waals surface area contributed by atoms with Crippen LogP contribution in [-0.4, -0.2) is 5.84 Å². The molecule has 92 valence electrons. The Bertz CT molecular complexity index is 423. The van der Waals surface area contributed by atoms with Gasteiger partial charge in [0.2, 0.25) is 0 Å². The standard InChI is InChI=1S/C13H16Cl2N2/c14-10-6-7-12(11(15)8-10)17-13(16)9-4-2-1-3-5-9/h6-9H,1-5H2,(H2,16,17). The SMILES string of the molecule is NC(=Nc1ccc(Cl)cc1Cl)C1CCCCC1. The predicted molar refractivity (Wildman–Crippen MR) is 74.3 cm³/mol. The molecule has 1 aliphatic rings. The Morgan fingerprint density at radius 2 is 1.88 bits per heavy atom. The molecule has 1 aromatic rings. The smallest absolute Gasteiger partial charge is 0.103 e. The van der Waals surface area contributed by atoms with Crippen LogP contribution < -0.4 is 5.73 Å². The van der Waals surface area contributed by atoms with Crippen molar-refractivity contribution in [1.29, 1.82) is 0 Å². The Kier molecular flexibility index (Phi) is 4.30. The van der Waals surface area contributed by atoms with E-state index < -0.39 is 0 Å². The summed E-state index contributed by atoms with van der Waals surface area (Å²) < 4.78 is 0. The zero-order chi connectivity index (χ0) is 12.3. The van der Waals surface area contributed by atoms with E-state index >= 15 is 0 Å². The second-order valence-corrected chi connectivity index (χ2v) is 5.31. The van der Waals surface area contributed by atoms with Gasteiger partial charge in [-0.1, -0.05) is 42.5 Å². The molecular formula is C13H16Cl2N2. The lowest BCUT2D eigenvalue weighted by atomic mass is 9.88. The van der Waals surface area contributed by atoms with Gasteiger partial charge in [-0.15, -0.1) is 0 Å². The van der Waals surface area contributed by atoms with Crippen molar-refractivity contribution in [1.82, 2.24) is 0 Å². The van der Waals surface area contributed by atoms with Crippen molar-refractivity contribution >= 4 is 34.7 Å². The molecular weight excluding hydrogens is 255 g/mol. The highest BCUT2D eigenvalue weighted by atomic mass is 35.5. The largest absolute Gasteiger partial charge is 0.387 e. The molecule has 0 unspecified atom stereocenters. The monoisotopic (exact) mass is 270 g/mol. The minimum absolute atomic E-state index is 0.412. The van der Waals surface area contributed by atoms with Crippen LogP contribution in [0.4, 0.5) is 5.69 Å². The average Bonchev–Trinajstić information content (AvgIpc) is 2.34. The van der Waals surface area contributed by atoms with Crippen molar-refractivity contribution in [3.8, 4) is 0 Å². The van der Waals surface area contributed by atoms with Crippen molar-refractivity contribution in [3.63, 3.8) is 0 Å². The van der Waals surface area contributed by atoms with Crippen LogP contribution in [0, 0.1) is 5.92 Å². The average molecular weight is 271 g/mol. The molecule has 0 spiro atoms. The van der Waals surface area contributed by atoms with Gasteiger partial charge in [0.15, 0.2) is 0 Å². The maximum absolute atomic E-state index is 6.07. The molecule has 0 heterocycles. The number of nitrogens with zero attached hydrogens (tertiary/aromatic N) is 1. The van der Waals surface area contributed by atoms with Gasteiger partial charge in [-0.2, -0.15) is 0 Å². The van der Waals surface area contributed by atoms with Crippen LogP contribution in [0.25, 0.3) is 0 Å². The lowest BCUT2D eigenvalue weighted by Gasteiger charge is -2.20. The first-order valence-electron chi connectivity index (χ1n) is 5.96. The molecule has 2 N–H and O–H groups in total. The third kappa shape index (κ3) is 3.36. The molecule has 1 aliphatic carbocycles. The molecule has 0 amide bonds. The first-order valence-corrected chi connectivity index (χ1v) is 6.71. The van der Waals surface area contributed by atoms with E-state index in [4.69, 9.17) is 28.9 Å². The molecule has 1 fully saturated rings. The number of amidine groups is 1. The molecule has 2 rings (SSSR count). The van der Waals surface area contributed by atoms with E-state index in [1.165, 1.54) is 19.3 Å². The summed E-state index contributed by atoms with van der Waals surface area (Å²) in [6.07, 6.45) is 6.08. The molecule has 0 saturated heterocycles. The molecule has 0 atom stereocenters. The highest BCUT2D eigenvalue weighted by molar-refractivity contribution is 6.36. The Morgan fingerprint density at radius 1 is 1.18 bits per heavy atom. The number of halogens is 2. The van der Waals surface area contributed by atoms with Crippen molar-refractivity contribution in [2.75, 3.05) is 0 Å². The van der Waals surface area contributed by atoms with Crippen molar-refractivity contribution in [3.05, 3.63) is 28.2 Å². The molecule has 0 radical (unpaired) electrons. The Balaban J connectivity index is 2.16. The minimum atomic E-state index is 0.412. The first kappa shape index (κ1) is 12.7. The quantitative estimate of drug-likeness (QED) is 0.621. The van der Waals surface area contributed by atoms with Crippen LogP contribution in [0.3, 0.4) is 0 Å². The zero-order valence-corrected chi connectivity index (χ0v) is 11.1. The minimum Gasteiger partial charge on any atom is -0.387 e. The molecule has 17 heavy (non-hydrogen) atoms. The van der Waals surface area contributed by atoms with Gasteiger partial charge in [-0.05, 0) is 31.0 Å². The summed E-state index contributed by atoms with van der Waals surface area (Å²) in [5.41, 5.74) is 6.75. The van der Waals surface area contributed by atoms with E-state index in [1.54, 1.807) is 18.2 Å². The number of benzene rings is 1. The van der Waals surface area contributed by atoms with Crippen molar-refractivity contribution in [2.24, 2.45) is 16.6 Å². The van der Waals surface area contributed by atoms with Crippen molar-refractivity contribution in [2.45, 2.75) is 32.1 Å². The van der Waals surface area contributed by atoms with Gasteiger partial charge in [-0.25, -0.2) is 4.99 Å². The lowest BCUT2D eigenvalue weighted by molar-refractivity contribution is 0.437. The van der Waals surface area contributed by atoms with Crippen LogP contribution in [0.2, 0.25) is 10.0 Å². The third-order valence-corrected chi connectivity index (χ3v) is 3.72. The highest BCUT2D eigenvalue weighted by Crippen LogP contribution is 2.30. The van der Waals surface area contributed by atoms with E-state index in [0.29, 0.717) is 27.5 Å². The van der Waals surface area contributed by atoms with Crippen LogP contribution in [0.5, 0.6) is 0 Å². The second-order valence-electron chi connectivity index (χ2n) is 4.47. The first-order chi connectivity index (χ1) is 8.16. The van der Waals surface area contributed by atoms with Crippen LogP contribution in [0.15, 0.2) is 23.2 Å². The summed E-state index contributed by atoms with van der Waals surface area (Å²) >= 11 is 11.9. The van der Waals surface area contributed by atoms with Gasteiger partial charge in [0.05, 0.1) is 10.7 Å². The highest BCUT2D eigenvalue weighted by Gasteiger charge is 2.17. The molecule has 0 bridgehead atoms. The number of hydrogen-bond donors (Lipinski definition) is 1. The van der Waals surface area contributed by atoms with Gasteiger partial charge in [0, 0.05) is 10.9 Å². The summed E-state index contributed by atoms with van der Waals surface area (Å²) in [5, 5.41) is 1.17. The van der Waals surface area contributed by atoms with E-state index in [2.05, 4.69) is 4.99 Å². The summed E-state index contributed by atoms with van der Waals surface area (Å²) in [5.74, 6) is 1.12. The van der Waals surface area contributed by atoms with E-state index in [-0.39, 0.29) is 0 Å². The fraction of sp³-hybridized carbons (Fsp3) is 0.462. The molecule has 2 nitrogen and oxygen atoms in total. The molecule has 1 aromatic carbocycles. The van der Waals surface area contributed by atoms with Crippen molar-refractivity contribution < 1.29 is 0 Å². The zero-order valence-electron chi connectivity index (χ0n) is 9.63. The van der Waals surface area contributed by atoms with Gasteiger partial charge in [0.1, 0.15) is 5.84 Å². The normalized spacial score (nSPS) is 18.4. The third-order valence-electron chi connectivity index (χ3n) is 3.18. The fourth-order valence-corrected chi connectivity index (χ4v) is 2.65. The van der Waals surface area contributed by atoms with E-state index in [0.717, 1.165) is 12.8 Å². The Hall–Kier alpha value is -0.730. The summed E-state index contributed by atoms with van der Waals surface area (Å²) in [7, 11) is 0. The van der Waals surface area contributed by atoms with Gasteiger partial charge >= 0.3 is 0 Å². The number of hydrogen-bond acceptors (Lipinski definition) is 1. The maximum Gasteiger partial charge on any atom is 0.103 e. The molecule has 4 heteroatoms. The maximum atomic E-state index is 6.07. The van der Waals surface area contributed by atoms with Gasteiger partial charge in [-0.3, -0.25) is 0 Å². The Morgan fingerprint density at radius 3 is 2.53 bits per heavy atom. The Labute approximate surface area is 112 Å². The second kappa shape index (κ2) is 5.74. The van der Waals surface area contributed by atoms with E-state index in [1.807, 2.05) is 0 Å². The molecule has 0 aromatic heterocycles. The fourth-order valence-electron chi connectivity index (χ4n) is 2.20. The van der Waals surface area contributed by atoms with Gasteiger partial charge < -0.3 is 5.73 Å². The summed E-state index contributed by atoms with van der Waals surface area (Å²) in [6.45, 7) is 0. The topological polar surface area (TPSA) is 38.4 Å². The molecule has 1 saturated carbocycles. The summed E-state index contributed by atoms with van der Waals surface area (Å²) in [6, 6.07) is 5.27. The van der Waals surface area contributed by atoms with Crippen LogP contribution >= 0.6 is 23.2 Å². The summed E-state index contributed by atoms with van der Waals surface area (Å²) in [4.78, 5) is 4.43. The molecule has 0 aliphatic heterocycles. The van der Waals surface area contributed by atoms with Crippen LogP contribution in [-0.2, 0) is 0 Å². The predicted octanol–water partition coefficient (Wildman–Crippen LogP) is 4.56. The van der Waals surface area contributed by atoms with E-state index in [9.17, 15) is 0 Å². The lowest BCUT2D eigenvalue weighted by Crippen LogP contribution is -2.25. The number of nitrogens with two attached hydrogens (primary N) is 1. The van der Waals surface area contributed by atoms with Gasteiger partial charge in [0.25, 0.3) is 0 Å². The number of rotatable bonds is 2. The number of aliphatic imine (C=N–C) groups is 1.